The molecule has 1 N–H and O–H groups in total. The van der Waals surface area contributed by atoms with Crippen LogP contribution in [0.3, 0.4) is 0 Å². The molecule has 1 saturated heterocycles. The minimum atomic E-state index is -0.410. The smallest absolute Gasteiger partial charge is 0.274 e. The quantitative estimate of drug-likeness (QED) is 0.915. The first-order chi connectivity index (χ1) is 12.2. The summed E-state index contributed by atoms with van der Waals surface area (Å²) in [4.78, 5) is 19.7. The minimum absolute atomic E-state index is 0.0217. The molecule has 0 saturated carbocycles. The van der Waals surface area contributed by atoms with Gasteiger partial charge in [-0.3, -0.25) is 4.79 Å². The molecular weight excluding hydrogens is 314 g/mol. The first-order valence-electron chi connectivity index (χ1n) is 9.36. The molecule has 1 amide bonds. The molecule has 2 aliphatic rings. The number of rotatable bonds is 2. The monoisotopic (exact) mass is 339 g/mol. The third kappa shape index (κ3) is 3.21. The molecule has 1 fully saturated rings. The third-order valence-corrected chi connectivity index (χ3v) is 5.29. The van der Waals surface area contributed by atoms with Crippen molar-refractivity contribution in [2.24, 2.45) is 0 Å². The second-order valence-corrected chi connectivity index (χ2v) is 7.11. The zero-order chi connectivity index (χ0) is 17.2. The van der Waals surface area contributed by atoms with Crippen LogP contribution >= 0.6 is 0 Å². The molecule has 1 aromatic heterocycles. The molecule has 2 aromatic rings. The van der Waals surface area contributed by atoms with Crippen LogP contribution in [0.2, 0.25) is 0 Å². The van der Waals surface area contributed by atoms with Gasteiger partial charge in [-0.1, -0.05) is 36.8 Å². The molecule has 5 nitrogen and oxygen atoms in total. The van der Waals surface area contributed by atoms with Crippen molar-refractivity contribution in [1.82, 2.24) is 14.5 Å². The number of imidazole rings is 1. The molecule has 1 unspecified atom stereocenters. The Kier molecular flexibility index (Phi) is 4.57. The van der Waals surface area contributed by atoms with Gasteiger partial charge >= 0.3 is 0 Å². The van der Waals surface area contributed by atoms with Crippen molar-refractivity contribution in [3.8, 4) is 11.4 Å². The van der Waals surface area contributed by atoms with Crippen LogP contribution in [0.4, 0.5) is 0 Å². The number of aliphatic hydroxyl groups excluding tert-OH is 1. The number of aromatic nitrogens is 2. The lowest BCUT2D eigenvalue weighted by Crippen LogP contribution is -2.42. The first-order valence-corrected chi connectivity index (χ1v) is 9.36. The Balaban J connectivity index is 1.74. The highest BCUT2D eigenvalue weighted by molar-refractivity contribution is 5.94. The second-order valence-electron chi connectivity index (χ2n) is 7.11. The number of hydrogen-bond acceptors (Lipinski definition) is 3. The maximum atomic E-state index is 13.1. The number of likely N-dealkylation sites (tertiary alicyclic amines) is 1. The van der Waals surface area contributed by atoms with Crippen molar-refractivity contribution in [1.29, 1.82) is 0 Å². The van der Waals surface area contributed by atoms with Gasteiger partial charge in [-0.25, -0.2) is 4.98 Å². The first kappa shape index (κ1) is 16.3. The van der Waals surface area contributed by atoms with Gasteiger partial charge < -0.3 is 14.6 Å². The van der Waals surface area contributed by atoms with Gasteiger partial charge in [0.05, 0.1) is 11.8 Å². The molecule has 25 heavy (non-hydrogen) atoms. The summed E-state index contributed by atoms with van der Waals surface area (Å²) >= 11 is 0. The predicted octanol–water partition coefficient (Wildman–Crippen LogP) is 2.87. The molecule has 132 valence electrons. The van der Waals surface area contributed by atoms with Crippen LogP contribution in [-0.2, 0) is 13.0 Å². The van der Waals surface area contributed by atoms with Gasteiger partial charge in [-0.2, -0.15) is 0 Å². The number of fused-ring (bicyclic) bond motifs is 1. The third-order valence-electron chi connectivity index (χ3n) is 5.29. The van der Waals surface area contributed by atoms with Crippen molar-refractivity contribution in [3.05, 3.63) is 41.7 Å². The summed E-state index contributed by atoms with van der Waals surface area (Å²) in [5.74, 6) is 0.880. The number of nitrogens with zero attached hydrogens (tertiary/aromatic N) is 3. The number of carbonyl (C=O) groups is 1. The Hall–Kier alpha value is -2.14. The number of β-amino-alcohol motifs (C(OH)–C–C–N with tert-alkyl or cyclic N) is 1. The highest BCUT2D eigenvalue weighted by atomic mass is 16.3. The Morgan fingerprint density at radius 3 is 2.72 bits per heavy atom. The maximum Gasteiger partial charge on any atom is 0.274 e. The van der Waals surface area contributed by atoms with Crippen molar-refractivity contribution in [2.75, 3.05) is 13.1 Å². The number of benzene rings is 1. The van der Waals surface area contributed by atoms with E-state index in [1.165, 1.54) is 6.42 Å². The summed E-state index contributed by atoms with van der Waals surface area (Å²) in [6.45, 7) is 2.05. The van der Waals surface area contributed by atoms with Gasteiger partial charge in [0.1, 0.15) is 11.5 Å². The van der Waals surface area contributed by atoms with Gasteiger partial charge in [0.2, 0.25) is 0 Å². The molecule has 0 spiro atoms. The van der Waals surface area contributed by atoms with E-state index >= 15 is 0 Å². The van der Waals surface area contributed by atoms with Crippen molar-refractivity contribution < 1.29 is 9.90 Å². The van der Waals surface area contributed by atoms with Crippen LogP contribution in [0.25, 0.3) is 11.4 Å². The Labute approximate surface area is 148 Å². The van der Waals surface area contributed by atoms with Crippen LogP contribution in [0.5, 0.6) is 0 Å². The van der Waals surface area contributed by atoms with E-state index in [1.54, 1.807) is 4.90 Å². The fourth-order valence-electron chi connectivity index (χ4n) is 3.99. The van der Waals surface area contributed by atoms with E-state index in [-0.39, 0.29) is 5.91 Å². The minimum Gasteiger partial charge on any atom is -0.391 e. The molecular formula is C20H25N3O2. The maximum absolute atomic E-state index is 13.1. The molecule has 3 heterocycles. The standard InChI is InChI=1S/C20H25N3O2/c24-16-10-7-12-22(14-16)20(25)18-17-11-5-2-6-13-23(17)19(21-18)15-8-3-1-4-9-15/h1,3-4,8-9,16,24H,2,5-7,10-14H2. The van der Waals surface area contributed by atoms with Gasteiger partial charge in [0.15, 0.2) is 0 Å². The van der Waals surface area contributed by atoms with Crippen molar-refractivity contribution in [2.45, 2.75) is 51.2 Å². The summed E-state index contributed by atoms with van der Waals surface area (Å²) in [6.07, 6.45) is 5.53. The zero-order valence-corrected chi connectivity index (χ0v) is 14.5. The van der Waals surface area contributed by atoms with Crippen molar-refractivity contribution >= 4 is 5.91 Å². The fourth-order valence-corrected chi connectivity index (χ4v) is 3.99. The van der Waals surface area contributed by atoms with Gasteiger partial charge in [-0.05, 0) is 32.1 Å². The molecule has 1 aromatic carbocycles. The van der Waals surface area contributed by atoms with Crippen LogP contribution < -0.4 is 0 Å². The Bertz CT molecular complexity index is 754. The van der Waals surface area contributed by atoms with Crippen LogP contribution in [0.1, 0.15) is 48.3 Å². The molecule has 2 aliphatic heterocycles. The fraction of sp³-hybridized carbons (Fsp3) is 0.500. The number of hydrogen-bond donors (Lipinski definition) is 1. The van der Waals surface area contributed by atoms with Crippen LogP contribution in [0.15, 0.2) is 30.3 Å². The predicted molar refractivity (Wildman–Crippen MR) is 96.4 cm³/mol. The SMILES string of the molecule is O=C(c1nc(-c2ccccc2)n2c1CCCCC2)N1CCCC(O)C1. The molecule has 1 atom stereocenters. The molecule has 0 radical (unpaired) electrons. The number of carbonyl (C=O) groups excluding carboxylic acids is 1. The number of amides is 1. The zero-order valence-electron chi connectivity index (χ0n) is 14.5. The van der Waals surface area contributed by atoms with Gasteiger partial charge in [0.25, 0.3) is 5.91 Å². The summed E-state index contributed by atoms with van der Waals surface area (Å²) in [7, 11) is 0. The lowest BCUT2D eigenvalue weighted by atomic mass is 10.1. The summed E-state index contributed by atoms with van der Waals surface area (Å²) in [5, 5.41) is 9.92. The Morgan fingerprint density at radius 2 is 1.92 bits per heavy atom. The lowest BCUT2D eigenvalue weighted by molar-refractivity contribution is 0.0468. The highest BCUT2D eigenvalue weighted by Crippen LogP contribution is 2.28. The average Bonchev–Trinajstić information content (AvgIpc) is 2.83. The average molecular weight is 339 g/mol. The van der Waals surface area contributed by atoms with E-state index in [1.807, 2.05) is 18.2 Å². The molecule has 4 rings (SSSR count). The highest BCUT2D eigenvalue weighted by Gasteiger charge is 2.29. The lowest BCUT2D eigenvalue weighted by Gasteiger charge is -2.29. The van der Waals surface area contributed by atoms with Gasteiger partial charge in [0, 0.05) is 25.2 Å². The molecule has 0 aliphatic carbocycles. The topological polar surface area (TPSA) is 58.4 Å². The van der Waals surface area contributed by atoms with E-state index in [0.29, 0.717) is 18.8 Å². The molecule has 5 heteroatoms. The van der Waals surface area contributed by atoms with E-state index in [2.05, 4.69) is 16.7 Å². The Morgan fingerprint density at radius 1 is 1.08 bits per heavy atom. The van der Waals surface area contributed by atoms with Crippen LogP contribution in [-0.4, -0.2) is 44.7 Å². The second kappa shape index (κ2) is 7.00. The summed E-state index contributed by atoms with van der Waals surface area (Å²) in [5.41, 5.74) is 2.72. The summed E-state index contributed by atoms with van der Waals surface area (Å²) < 4.78 is 2.25. The normalized spacial score (nSPS) is 20.8. The number of piperidine rings is 1. The summed E-state index contributed by atoms with van der Waals surface area (Å²) in [6, 6.07) is 10.1. The van der Waals surface area contributed by atoms with Gasteiger partial charge in [-0.15, -0.1) is 0 Å². The van der Waals surface area contributed by atoms with Crippen molar-refractivity contribution in [3.63, 3.8) is 0 Å². The van der Waals surface area contributed by atoms with E-state index in [0.717, 1.165) is 55.7 Å². The molecule has 0 bridgehead atoms. The van der Waals surface area contributed by atoms with E-state index in [4.69, 9.17) is 4.98 Å². The van der Waals surface area contributed by atoms with Crippen LogP contribution in [0, 0.1) is 0 Å². The number of aliphatic hydroxyl groups is 1. The van der Waals surface area contributed by atoms with E-state index in [9.17, 15) is 9.90 Å². The largest absolute Gasteiger partial charge is 0.391 e. The van der Waals surface area contributed by atoms with E-state index < -0.39 is 6.10 Å².